The van der Waals surface area contributed by atoms with Crippen molar-refractivity contribution in [3.8, 4) is 0 Å². The third-order valence-corrected chi connectivity index (χ3v) is 1.07. The summed E-state index contributed by atoms with van der Waals surface area (Å²) < 4.78 is 0. The fourth-order valence-corrected chi connectivity index (χ4v) is 0.377. The Balaban J connectivity index is 0. The van der Waals surface area contributed by atoms with Crippen LogP contribution in [0.15, 0.2) is 17.3 Å². The van der Waals surface area contributed by atoms with Crippen LogP contribution >= 0.6 is 37.2 Å². The van der Waals surface area contributed by atoms with Crippen molar-refractivity contribution < 1.29 is 0 Å². The molecule has 0 rings (SSSR count). The highest BCUT2D eigenvalue weighted by Gasteiger charge is 1.78. The van der Waals surface area contributed by atoms with Crippen molar-refractivity contribution in [2.45, 2.75) is 6.92 Å². The summed E-state index contributed by atoms with van der Waals surface area (Å²) in [5.41, 5.74) is 0. The molecule has 0 saturated carbocycles. The molecule has 11 heavy (non-hydrogen) atoms. The maximum absolute atomic E-state index is 3.80. The van der Waals surface area contributed by atoms with Crippen molar-refractivity contribution in [1.29, 1.82) is 0 Å². The highest BCUT2D eigenvalue weighted by molar-refractivity contribution is 15.0. The lowest BCUT2D eigenvalue weighted by molar-refractivity contribution is 0.485. The monoisotopic (exact) mass is 380 g/mol. The van der Waals surface area contributed by atoms with E-state index in [0.29, 0.717) is 0 Å². The summed E-state index contributed by atoms with van der Waals surface area (Å²) in [6.45, 7) is 3.14. The van der Waals surface area contributed by atoms with Crippen molar-refractivity contribution in [2.24, 2.45) is 4.99 Å². The van der Waals surface area contributed by atoms with Crippen LogP contribution in [0.4, 0.5) is 0 Å². The minimum Gasteiger partial charge on any atom is -0.381 e. The van der Waals surface area contributed by atoms with Crippen LogP contribution in [0.2, 0.25) is 0 Å². The zero-order chi connectivity index (χ0) is 9.11. The van der Waals surface area contributed by atoms with Gasteiger partial charge in [-0.1, -0.05) is 0 Å². The van der Waals surface area contributed by atoms with Crippen molar-refractivity contribution in [3.63, 3.8) is 0 Å². The van der Waals surface area contributed by atoms with E-state index in [1.54, 1.807) is 13.3 Å². The molecule has 0 aliphatic carbocycles. The number of hydrogen-bond donors (Lipinski definition) is 0. The van der Waals surface area contributed by atoms with Crippen molar-refractivity contribution in [2.75, 3.05) is 20.6 Å². The summed E-state index contributed by atoms with van der Waals surface area (Å²) in [5, 5.41) is 0. The Kier molecular flexibility index (Phi) is 17.1. The molecule has 0 N–H and O–H groups in total. The predicted molar refractivity (Wildman–Crippen MR) is 69.9 cm³/mol. The summed E-state index contributed by atoms with van der Waals surface area (Å²) in [7, 11) is 3.79. The van der Waals surface area contributed by atoms with Crippen LogP contribution in [0.5, 0.6) is 0 Å². The van der Waals surface area contributed by atoms with E-state index in [1.165, 1.54) is 0 Å². The van der Waals surface area contributed by atoms with Crippen LogP contribution in [-0.2, 0) is 0 Å². The zero-order valence-corrected chi connectivity index (χ0v) is 11.4. The minimum absolute atomic E-state index is 1.04. The van der Waals surface area contributed by atoms with Crippen molar-refractivity contribution >= 4 is 43.4 Å². The Hall–Kier alpha value is 0.670. The van der Waals surface area contributed by atoms with Gasteiger partial charge in [-0.05, 0) is 13.0 Å². The van der Waals surface area contributed by atoms with E-state index in [0.717, 1.165) is 6.54 Å². The molecular formula is C7H14I2N2. The molecule has 4 heteroatoms. The maximum atomic E-state index is 3.80. The van der Waals surface area contributed by atoms with Crippen LogP contribution in [0.3, 0.4) is 0 Å². The van der Waals surface area contributed by atoms with Gasteiger partial charge in [0.2, 0.25) is 0 Å². The van der Waals surface area contributed by atoms with E-state index in [1.807, 2.05) is 19.3 Å². The first-order valence-corrected chi connectivity index (χ1v) is 9.53. The molecule has 2 nitrogen and oxygen atoms in total. The van der Waals surface area contributed by atoms with E-state index in [-0.39, 0.29) is 0 Å². The molecule has 0 bridgehead atoms. The van der Waals surface area contributed by atoms with Gasteiger partial charge >= 0.3 is 0 Å². The first-order valence-electron chi connectivity index (χ1n) is 3.24. The van der Waals surface area contributed by atoms with E-state index in [2.05, 4.69) is 54.0 Å². The van der Waals surface area contributed by atoms with Gasteiger partial charge in [-0.25, -0.2) is 0 Å². The summed E-state index contributed by atoms with van der Waals surface area (Å²) in [5.74, 6) is 0. The quantitative estimate of drug-likeness (QED) is 0.543. The Morgan fingerprint density at radius 3 is 2.36 bits per heavy atom. The van der Waals surface area contributed by atoms with Gasteiger partial charge in [0, 0.05) is 70.3 Å². The van der Waals surface area contributed by atoms with Crippen LogP contribution in [0.25, 0.3) is 0 Å². The second kappa shape index (κ2) is 13.3. The summed E-state index contributed by atoms with van der Waals surface area (Å²) in [4.78, 5) is 5.89. The molecule has 0 spiro atoms. The van der Waals surface area contributed by atoms with Gasteiger partial charge in [-0.3, -0.25) is 4.99 Å². The minimum atomic E-state index is 1.04. The third-order valence-electron chi connectivity index (χ3n) is 1.07. The predicted octanol–water partition coefficient (Wildman–Crippen LogP) is 2.92. The van der Waals surface area contributed by atoms with E-state index < -0.39 is 0 Å². The molecule has 0 unspecified atom stereocenters. The van der Waals surface area contributed by atoms with Crippen LogP contribution in [0.1, 0.15) is 6.92 Å². The Morgan fingerprint density at radius 2 is 2.00 bits per heavy atom. The number of aliphatic imine (C=N–C) groups is 1. The largest absolute Gasteiger partial charge is 0.381 e. The number of allylic oxidation sites excluding steroid dienone is 1. The summed E-state index contributed by atoms with van der Waals surface area (Å²) in [6, 6.07) is 0. The fraction of sp³-hybridized carbons (Fsp3) is 0.571. The third kappa shape index (κ3) is 13.6. The lowest BCUT2D eigenvalue weighted by atomic mass is 10.6. The first-order chi connectivity index (χ1) is 5.31. The molecule has 0 heterocycles. The molecular weight excluding hydrogens is 366 g/mol. The van der Waals surface area contributed by atoms with Gasteiger partial charge in [-0.2, -0.15) is 0 Å². The first kappa shape index (κ1) is 14.2. The normalized spacial score (nSPS) is 9.91. The summed E-state index contributed by atoms with van der Waals surface area (Å²) in [6.07, 6.45) is 5.68. The van der Waals surface area contributed by atoms with Crippen molar-refractivity contribution in [3.05, 3.63) is 12.3 Å². The summed E-state index contributed by atoms with van der Waals surface area (Å²) >= 11 is 4.24. The fourth-order valence-electron chi connectivity index (χ4n) is 0.377. The second-order valence-corrected chi connectivity index (χ2v) is 1.82. The molecule has 0 fully saturated rings. The van der Waals surface area contributed by atoms with E-state index >= 15 is 0 Å². The van der Waals surface area contributed by atoms with Gasteiger partial charge < -0.3 is 4.90 Å². The Labute approximate surface area is 92.5 Å². The van der Waals surface area contributed by atoms with Gasteiger partial charge in [0.05, 0.1) is 0 Å². The average molecular weight is 380 g/mol. The highest BCUT2D eigenvalue weighted by Crippen LogP contribution is 1.89. The number of hydrogen-bond acceptors (Lipinski definition) is 2. The lowest BCUT2D eigenvalue weighted by Gasteiger charge is -2.07. The maximum Gasteiger partial charge on any atom is 0.0277 e. The van der Waals surface area contributed by atoms with Gasteiger partial charge in [0.1, 0.15) is 0 Å². The standard InChI is InChI=1S/C7H14N2.I2/c1-4-9(3)7-5-6-8-2;1-2/h5-7H,4H2,1-3H3;/b7-5+,8-6?;. The second-order valence-electron chi connectivity index (χ2n) is 1.82. The molecule has 0 aromatic carbocycles. The molecule has 66 valence electrons. The van der Waals surface area contributed by atoms with Crippen LogP contribution in [-0.4, -0.2) is 31.8 Å². The van der Waals surface area contributed by atoms with Crippen LogP contribution < -0.4 is 0 Å². The number of rotatable bonds is 3. The van der Waals surface area contributed by atoms with E-state index in [9.17, 15) is 0 Å². The number of halogens is 2. The average Bonchev–Trinajstić information content (AvgIpc) is 2.08. The smallest absolute Gasteiger partial charge is 0.0277 e. The SMILES string of the molecule is CCN(C)/C=C/C=NC.II. The lowest BCUT2D eigenvalue weighted by Crippen LogP contribution is -2.08. The van der Waals surface area contributed by atoms with Gasteiger partial charge in [0.15, 0.2) is 0 Å². The molecule has 0 saturated heterocycles. The molecule has 0 aromatic heterocycles. The molecule has 0 atom stereocenters. The Morgan fingerprint density at radius 1 is 1.45 bits per heavy atom. The molecule has 0 amide bonds. The van der Waals surface area contributed by atoms with Gasteiger partial charge in [-0.15, -0.1) is 0 Å². The van der Waals surface area contributed by atoms with Crippen molar-refractivity contribution in [1.82, 2.24) is 4.90 Å². The molecule has 0 aliphatic rings. The molecule has 0 radical (unpaired) electrons. The molecule has 0 aromatic rings. The molecule has 0 aliphatic heterocycles. The highest BCUT2D eigenvalue weighted by atomic mass is 128. The van der Waals surface area contributed by atoms with E-state index in [4.69, 9.17) is 0 Å². The zero-order valence-electron chi connectivity index (χ0n) is 7.09. The van der Waals surface area contributed by atoms with Crippen LogP contribution in [0, 0.1) is 0 Å². The topological polar surface area (TPSA) is 15.6 Å². The number of nitrogens with zero attached hydrogens (tertiary/aromatic N) is 2. The van der Waals surface area contributed by atoms with Gasteiger partial charge in [0.25, 0.3) is 0 Å². The Bertz CT molecular complexity index is 113.